The summed E-state index contributed by atoms with van der Waals surface area (Å²) in [4.78, 5) is 4.28. The summed E-state index contributed by atoms with van der Waals surface area (Å²) >= 11 is 0. The van der Waals surface area contributed by atoms with Crippen molar-refractivity contribution < 1.29 is 0 Å². The van der Waals surface area contributed by atoms with Gasteiger partial charge in [0.05, 0.1) is 6.20 Å². The lowest BCUT2D eigenvalue weighted by atomic mass is 9.94. The van der Waals surface area contributed by atoms with Crippen molar-refractivity contribution in [2.45, 2.75) is 18.8 Å². The summed E-state index contributed by atoms with van der Waals surface area (Å²) in [5.74, 6) is 0.622. The fourth-order valence-electron chi connectivity index (χ4n) is 2.28. The molecule has 0 saturated carbocycles. The van der Waals surface area contributed by atoms with Crippen LogP contribution < -0.4 is 5.32 Å². The first-order chi connectivity index (χ1) is 7.45. The highest BCUT2D eigenvalue weighted by molar-refractivity contribution is 5.85. The molecular formula is C11H16Cl2N4. The van der Waals surface area contributed by atoms with Crippen LogP contribution in [0.2, 0.25) is 0 Å². The molecule has 3 heterocycles. The number of nitrogens with one attached hydrogen (secondary N) is 1. The van der Waals surface area contributed by atoms with Crippen molar-refractivity contribution in [1.82, 2.24) is 19.9 Å². The van der Waals surface area contributed by atoms with E-state index < -0.39 is 0 Å². The average Bonchev–Trinajstić information content (AvgIpc) is 2.78. The lowest BCUT2D eigenvalue weighted by Gasteiger charge is -2.23. The van der Waals surface area contributed by atoms with Crippen LogP contribution in [-0.2, 0) is 0 Å². The fourth-order valence-corrected chi connectivity index (χ4v) is 2.28. The molecule has 0 aliphatic carbocycles. The summed E-state index contributed by atoms with van der Waals surface area (Å²) < 4.78 is 1.97. The minimum absolute atomic E-state index is 0. The molecule has 17 heavy (non-hydrogen) atoms. The van der Waals surface area contributed by atoms with Gasteiger partial charge in [0.15, 0.2) is 5.65 Å². The van der Waals surface area contributed by atoms with Crippen molar-refractivity contribution in [3.63, 3.8) is 0 Å². The van der Waals surface area contributed by atoms with Crippen molar-refractivity contribution in [2.75, 3.05) is 13.1 Å². The zero-order valence-corrected chi connectivity index (χ0v) is 11.0. The van der Waals surface area contributed by atoms with E-state index in [2.05, 4.69) is 21.5 Å². The van der Waals surface area contributed by atoms with Gasteiger partial charge < -0.3 is 5.32 Å². The molecule has 0 unspecified atom stereocenters. The SMILES string of the molecule is Cl.Cl.c1cc(C2CCNCC2)n2nccc2n1. The second kappa shape index (κ2) is 6.19. The van der Waals surface area contributed by atoms with Crippen LogP contribution >= 0.6 is 24.8 Å². The molecule has 0 atom stereocenters. The topological polar surface area (TPSA) is 42.2 Å². The molecule has 4 nitrogen and oxygen atoms in total. The van der Waals surface area contributed by atoms with Gasteiger partial charge in [0, 0.05) is 23.9 Å². The van der Waals surface area contributed by atoms with Gasteiger partial charge in [-0.2, -0.15) is 5.10 Å². The van der Waals surface area contributed by atoms with Crippen LogP contribution in [0.1, 0.15) is 24.5 Å². The minimum Gasteiger partial charge on any atom is -0.317 e. The maximum Gasteiger partial charge on any atom is 0.155 e. The predicted molar refractivity (Wildman–Crippen MR) is 72.3 cm³/mol. The summed E-state index contributed by atoms with van der Waals surface area (Å²) in [5, 5.41) is 7.71. The van der Waals surface area contributed by atoms with Crippen molar-refractivity contribution >= 4 is 30.5 Å². The molecule has 0 radical (unpaired) electrons. The van der Waals surface area contributed by atoms with Gasteiger partial charge in [-0.1, -0.05) is 0 Å². The fraction of sp³-hybridized carbons (Fsp3) is 0.455. The number of rotatable bonds is 1. The van der Waals surface area contributed by atoms with Crippen LogP contribution in [0.25, 0.3) is 5.65 Å². The smallest absolute Gasteiger partial charge is 0.155 e. The first-order valence-corrected chi connectivity index (χ1v) is 5.44. The molecule has 1 N–H and O–H groups in total. The lowest BCUT2D eigenvalue weighted by Crippen LogP contribution is -2.27. The highest BCUT2D eigenvalue weighted by Crippen LogP contribution is 2.24. The van der Waals surface area contributed by atoms with E-state index in [4.69, 9.17) is 0 Å². The number of fused-ring (bicyclic) bond motifs is 1. The summed E-state index contributed by atoms with van der Waals surface area (Å²) in [6.45, 7) is 2.21. The molecule has 94 valence electrons. The number of nitrogens with zero attached hydrogens (tertiary/aromatic N) is 3. The van der Waals surface area contributed by atoms with Crippen LogP contribution in [0, 0.1) is 0 Å². The molecule has 2 aromatic heterocycles. The van der Waals surface area contributed by atoms with Crippen LogP contribution in [0.4, 0.5) is 0 Å². The molecule has 1 saturated heterocycles. The highest BCUT2D eigenvalue weighted by Gasteiger charge is 2.17. The molecule has 0 amide bonds. The third-order valence-electron chi connectivity index (χ3n) is 3.08. The van der Waals surface area contributed by atoms with Crippen molar-refractivity contribution in [2.24, 2.45) is 0 Å². The van der Waals surface area contributed by atoms with Gasteiger partial charge >= 0.3 is 0 Å². The molecule has 0 bridgehead atoms. The number of aromatic nitrogens is 3. The number of hydrogen-bond acceptors (Lipinski definition) is 3. The van der Waals surface area contributed by atoms with Crippen molar-refractivity contribution in [1.29, 1.82) is 0 Å². The summed E-state index contributed by atoms with van der Waals surface area (Å²) in [5.41, 5.74) is 2.25. The molecule has 2 aromatic rings. The number of piperidine rings is 1. The number of hydrogen-bond donors (Lipinski definition) is 1. The zero-order valence-electron chi connectivity index (χ0n) is 9.37. The average molecular weight is 275 g/mol. The molecule has 1 aliphatic heterocycles. The van der Waals surface area contributed by atoms with E-state index in [0.717, 1.165) is 18.7 Å². The van der Waals surface area contributed by atoms with E-state index in [-0.39, 0.29) is 24.8 Å². The van der Waals surface area contributed by atoms with Crippen LogP contribution in [0.3, 0.4) is 0 Å². The van der Waals surface area contributed by atoms with E-state index >= 15 is 0 Å². The lowest BCUT2D eigenvalue weighted by molar-refractivity contribution is 0.446. The molecule has 3 rings (SSSR count). The molecule has 0 spiro atoms. The van der Waals surface area contributed by atoms with Crippen LogP contribution in [0.15, 0.2) is 24.5 Å². The molecular weight excluding hydrogens is 259 g/mol. The zero-order chi connectivity index (χ0) is 10.1. The Hall–Kier alpha value is -0.840. The van der Waals surface area contributed by atoms with Gasteiger partial charge in [0.25, 0.3) is 0 Å². The van der Waals surface area contributed by atoms with Gasteiger partial charge in [0.2, 0.25) is 0 Å². The van der Waals surface area contributed by atoms with Gasteiger partial charge in [0.1, 0.15) is 0 Å². The van der Waals surface area contributed by atoms with E-state index in [1.807, 2.05) is 23.0 Å². The first kappa shape index (κ1) is 14.2. The highest BCUT2D eigenvalue weighted by atomic mass is 35.5. The Morgan fingerprint density at radius 3 is 2.65 bits per heavy atom. The van der Waals surface area contributed by atoms with Crippen LogP contribution in [0.5, 0.6) is 0 Å². The third-order valence-corrected chi connectivity index (χ3v) is 3.08. The largest absolute Gasteiger partial charge is 0.317 e. The standard InChI is InChI=1S/C11H14N4.2ClH/c1-5-12-6-2-9(1)10-3-7-13-11-4-8-14-15(10)11;;/h3-4,7-9,12H,1-2,5-6H2;2*1H. The first-order valence-electron chi connectivity index (χ1n) is 5.44. The van der Waals surface area contributed by atoms with Gasteiger partial charge in [-0.05, 0) is 32.0 Å². The van der Waals surface area contributed by atoms with Crippen molar-refractivity contribution in [3.8, 4) is 0 Å². The van der Waals surface area contributed by atoms with Crippen LogP contribution in [-0.4, -0.2) is 27.7 Å². The minimum atomic E-state index is 0. The second-order valence-corrected chi connectivity index (χ2v) is 4.00. The molecule has 1 aliphatic rings. The Kier molecular flexibility index (Phi) is 5.18. The molecule has 6 heteroatoms. The maximum absolute atomic E-state index is 4.33. The Morgan fingerprint density at radius 2 is 1.88 bits per heavy atom. The summed E-state index contributed by atoms with van der Waals surface area (Å²) in [6.07, 6.45) is 6.08. The van der Waals surface area contributed by atoms with E-state index in [0.29, 0.717) is 5.92 Å². The Morgan fingerprint density at radius 1 is 1.12 bits per heavy atom. The number of halogens is 2. The molecule has 0 aromatic carbocycles. The van der Waals surface area contributed by atoms with E-state index in [9.17, 15) is 0 Å². The summed E-state index contributed by atoms with van der Waals surface area (Å²) in [6, 6.07) is 4.04. The van der Waals surface area contributed by atoms with Crippen molar-refractivity contribution in [3.05, 3.63) is 30.2 Å². The Bertz CT molecular complexity index is 465. The van der Waals surface area contributed by atoms with Gasteiger partial charge in [-0.3, -0.25) is 0 Å². The Balaban J connectivity index is 0.000000722. The molecule has 1 fully saturated rings. The monoisotopic (exact) mass is 274 g/mol. The predicted octanol–water partition coefficient (Wildman–Crippen LogP) is 2.04. The normalized spacial score (nSPS) is 16.2. The summed E-state index contributed by atoms with van der Waals surface area (Å²) in [7, 11) is 0. The Labute approximate surface area is 113 Å². The quantitative estimate of drug-likeness (QED) is 0.866. The van der Waals surface area contributed by atoms with E-state index in [1.165, 1.54) is 18.5 Å². The maximum atomic E-state index is 4.33. The third kappa shape index (κ3) is 2.70. The van der Waals surface area contributed by atoms with Gasteiger partial charge in [-0.15, -0.1) is 24.8 Å². The van der Waals surface area contributed by atoms with Gasteiger partial charge in [-0.25, -0.2) is 9.50 Å². The second-order valence-electron chi connectivity index (χ2n) is 4.00. The van der Waals surface area contributed by atoms with E-state index in [1.54, 1.807) is 0 Å².